The summed E-state index contributed by atoms with van der Waals surface area (Å²) < 4.78 is 0. The molecule has 0 aromatic rings. The molecule has 4 saturated carbocycles. The number of ketones is 1. The maximum atomic E-state index is 12.9. The highest BCUT2D eigenvalue weighted by molar-refractivity contribution is 5.85. The lowest BCUT2D eigenvalue weighted by Crippen LogP contribution is -2.63. The molecule has 4 aliphatic carbocycles. The lowest BCUT2D eigenvalue weighted by Gasteiger charge is -2.69. The van der Waals surface area contributed by atoms with Gasteiger partial charge in [0.1, 0.15) is 5.78 Å². The van der Waals surface area contributed by atoms with E-state index >= 15 is 0 Å². The molecule has 0 radical (unpaired) electrons. The van der Waals surface area contributed by atoms with Crippen LogP contribution in [0.4, 0.5) is 0 Å². The first kappa shape index (κ1) is 26.6. The van der Waals surface area contributed by atoms with E-state index in [1.165, 1.54) is 12.8 Å². The van der Waals surface area contributed by atoms with E-state index in [0.29, 0.717) is 36.4 Å². The Hall–Kier alpha value is -0.450. The highest BCUT2D eigenvalue weighted by Crippen LogP contribution is 2.75. The molecule has 0 spiro atoms. The van der Waals surface area contributed by atoms with Crippen LogP contribution in [0.15, 0.2) is 0 Å². The Bertz CT molecular complexity index is 809. The first-order valence-corrected chi connectivity index (χ1v) is 14.1. The maximum absolute atomic E-state index is 12.9. The fourth-order valence-electron chi connectivity index (χ4n) is 10.3. The van der Waals surface area contributed by atoms with Gasteiger partial charge in [-0.1, -0.05) is 34.6 Å². The van der Waals surface area contributed by atoms with Gasteiger partial charge in [0.25, 0.3) is 0 Å². The van der Waals surface area contributed by atoms with Gasteiger partial charge in [0.05, 0.1) is 17.3 Å². The topological polar surface area (TPSA) is 77.8 Å². The van der Waals surface area contributed by atoms with Gasteiger partial charge < -0.3 is 15.3 Å². The summed E-state index contributed by atoms with van der Waals surface area (Å²) in [6.45, 7) is 17.3. The van der Waals surface area contributed by atoms with Gasteiger partial charge in [0.15, 0.2) is 0 Å². The second-order valence-electron chi connectivity index (χ2n) is 15.0. The van der Waals surface area contributed by atoms with Crippen molar-refractivity contribution in [2.75, 3.05) is 0 Å². The number of fused-ring (bicyclic) bond motifs is 5. The number of aliphatic hydroxyl groups is 3. The number of rotatable bonds is 5. The van der Waals surface area contributed by atoms with Crippen LogP contribution in [0.1, 0.15) is 120 Å². The van der Waals surface area contributed by atoms with Crippen LogP contribution in [0.2, 0.25) is 0 Å². The van der Waals surface area contributed by atoms with Crippen LogP contribution in [0.3, 0.4) is 0 Å². The summed E-state index contributed by atoms with van der Waals surface area (Å²) in [5.41, 5.74) is -1.55. The van der Waals surface area contributed by atoms with Crippen LogP contribution in [-0.2, 0) is 4.79 Å². The molecule has 0 heterocycles. The standard InChI is InChI=1S/C30H52O4/c1-25(2)21-12-17-29(7)22(27(21,5)15-13-23(25)31)10-9-19-20(11-16-28(19,29)6)30(8,34)18-14-24(32)26(3,4)33/h19-22,24,32-34H,9-18H2,1-8H3. The van der Waals surface area contributed by atoms with E-state index < -0.39 is 17.3 Å². The number of aliphatic hydroxyl groups excluding tert-OH is 1. The molecule has 4 fully saturated rings. The van der Waals surface area contributed by atoms with E-state index in [1.807, 2.05) is 6.92 Å². The molecule has 0 amide bonds. The van der Waals surface area contributed by atoms with Crippen molar-refractivity contribution >= 4 is 5.78 Å². The average molecular weight is 477 g/mol. The third-order valence-corrected chi connectivity index (χ3v) is 12.7. The first-order chi connectivity index (χ1) is 15.4. The molecule has 0 aromatic heterocycles. The third-order valence-electron chi connectivity index (χ3n) is 12.7. The van der Waals surface area contributed by atoms with Crippen LogP contribution in [0.25, 0.3) is 0 Å². The van der Waals surface area contributed by atoms with Gasteiger partial charge in [-0.15, -0.1) is 0 Å². The maximum Gasteiger partial charge on any atom is 0.138 e. The Balaban J connectivity index is 1.58. The van der Waals surface area contributed by atoms with E-state index in [1.54, 1.807) is 13.8 Å². The molecule has 3 N–H and O–H groups in total. The monoisotopic (exact) mass is 476 g/mol. The molecular formula is C30H52O4. The zero-order valence-corrected chi connectivity index (χ0v) is 23.2. The lowest BCUT2D eigenvalue weighted by atomic mass is 9.35. The summed E-state index contributed by atoms with van der Waals surface area (Å²) in [5, 5.41) is 32.2. The van der Waals surface area contributed by atoms with Crippen molar-refractivity contribution < 1.29 is 20.1 Å². The Morgan fingerprint density at radius 3 is 2.12 bits per heavy atom. The Labute approximate surface area is 208 Å². The highest BCUT2D eigenvalue weighted by atomic mass is 16.3. The molecule has 4 aliphatic rings. The molecule has 9 unspecified atom stereocenters. The van der Waals surface area contributed by atoms with Gasteiger partial charge >= 0.3 is 0 Å². The van der Waals surface area contributed by atoms with Crippen molar-refractivity contribution in [1.29, 1.82) is 0 Å². The minimum absolute atomic E-state index is 0.193. The molecule has 0 bridgehead atoms. The zero-order valence-electron chi connectivity index (χ0n) is 23.2. The fraction of sp³-hybridized carbons (Fsp3) is 0.967. The highest BCUT2D eigenvalue weighted by Gasteiger charge is 2.69. The van der Waals surface area contributed by atoms with Crippen molar-refractivity contribution in [1.82, 2.24) is 0 Å². The van der Waals surface area contributed by atoms with E-state index in [9.17, 15) is 20.1 Å². The number of carbonyl (C=O) groups is 1. The van der Waals surface area contributed by atoms with Crippen LogP contribution in [-0.4, -0.2) is 38.4 Å². The summed E-state index contributed by atoms with van der Waals surface area (Å²) in [6.07, 6.45) is 8.76. The molecule has 34 heavy (non-hydrogen) atoms. The Morgan fingerprint density at radius 2 is 1.50 bits per heavy atom. The van der Waals surface area contributed by atoms with Crippen molar-refractivity contribution in [3.8, 4) is 0 Å². The predicted octanol–water partition coefficient (Wildman–Crippen LogP) is 5.90. The average Bonchev–Trinajstić information content (AvgIpc) is 3.08. The molecule has 4 rings (SSSR count). The largest absolute Gasteiger partial charge is 0.390 e. The van der Waals surface area contributed by atoms with E-state index in [2.05, 4.69) is 34.6 Å². The summed E-state index contributed by atoms with van der Waals surface area (Å²) in [5.74, 6) is 2.29. The van der Waals surface area contributed by atoms with Crippen molar-refractivity contribution in [3.63, 3.8) is 0 Å². The molecular weight excluding hydrogens is 424 g/mol. The minimum Gasteiger partial charge on any atom is -0.390 e. The van der Waals surface area contributed by atoms with Crippen LogP contribution >= 0.6 is 0 Å². The fourth-order valence-corrected chi connectivity index (χ4v) is 10.3. The Kier molecular flexibility index (Phi) is 6.28. The van der Waals surface area contributed by atoms with E-state index in [-0.39, 0.29) is 27.6 Å². The van der Waals surface area contributed by atoms with Gasteiger partial charge in [-0.25, -0.2) is 0 Å². The normalized spacial score (nSPS) is 46.7. The summed E-state index contributed by atoms with van der Waals surface area (Å²) in [6, 6.07) is 0. The molecule has 4 nitrogen and oxygen atoms in total. The number of Topliss-reactive ketones (excluding diaryl/α,β-unsaturated/α-hetero) is 1. The molecule has 0 saturated heterocycles. The van der Waals surface area contributed by atoms with Gasteiger partial charge in [0, 0.05) is 11.8 Å². The van der Waals surface area contributed by atoms with Crippen molar-refractivity contribution in [3.05, 3.63) is 0 Å². The first-order valence-electron chi connectivity index (χ1n) is 14.1. The summed E-state index contributed by atoms with van der Waals surface area (Å²) in [4.78, 5) is 12.9. The van der Waals surface area contributed by atoms with Gasteiger partial charge in [-0.2, -0.15) is 0 Å². The predicted molar refractivity (Wildman–Crippen MR) is 136 cm³/mol. The third kappa shape index (κ3) is 3.67. The van der Waals surface area contributed by atoms with Gasteiger partial charge in [0.2, 0.25) is 0 Å². The smallest absolute Gasteiger partial charge is 0.138 e. The quantitative estimate of drug-likeness (QED) is 0.461. The van der Waals surface area contributed by atoms with E-state index in [0.717, 1.165) is 38.5 Å². The lowest BCUT2D eigenvalue weighted by molar-refractivity contribution is -0.207. The van der Waals surface area contributed by atoms with Crippen molar-refractivity contribution in [2.24, 2.45) is 45.3 Å². The minimum atomic E-state index is -1.14. The van der Waals surface area contributed by atoms with Crippen LogP contribution < -0.4 is 0 Å². The molecule has 9 atom stereocenters. The molecule has 0 aliphatic heterocycles. The number of carbonyl (C=O) groups excluding carboxylic acids is 1. The van der Waals surface area contributed by atoms with E-state index in [4.69, 9.17) is 0 Å². The SMILES string of the molecule is CC(C)(O)C(O)CCC(C)(O)C1CCC2(C)C1CCC1C3(C)CCC(=O)C(C)(C)C3CCC12C. The Morgan fingerprint density at radius 1 is 0.882 bits per heavy atom. The van der Waals surface area contributed by atoms with Gasteiger partial charge in [-0.3, -0.25) is 4.79 Å². The molecule has 4 heteroatoms. The second kappa shape index (κ2) is 8.02. The van der Waals surface area contributed by atoms with Gasteiger partial charge in [-0.05, 0) is 118 Å². The summed E-state index contributed by atoms with van der Waals surface area (Å²) >= 11 is 0. The number of hydrogen-bond donors (Lipinski definition) is 3. The number of hydrogen-bond acceptors (Lipinski definition) is 4. The van der Waals surface area contributed by atoms with Crippen LogP contribution in [0.5, 0.6) is 0 Å². The molecule has 196 valence electrons. The zero-order chi connectivity index (χ0) is 25.5. The summed E-state index contributed by atoms with van der Waals surface area (Å²) in [7, 11) is 0. The van der Waals surface area contributed by atoms with Crippen molar-refractivity contribution in [2.45, 2.75) is 137 Å². The second-order valence-corrected chi connectivity index (χ2v) is 15.0. The molecule has 0 aromatic carbocycles. The van der Waals surface area contributed by atoms with Crippen LogP contribution in [0, 0.1) is 45.3 Å².